The topological polar surface area (TPSA) is 75.7 Å². The van der Waals surface area contributed by atoms with E-state index >= 15 is 0 Å². The summed E-state index contributed by atoms with van der Waals surface area (Å²) < 4.78 is 5.21. The van der Waals surface area contributed by atoms with Crippen molar-refractivity contribution in [1.82, 2.24) is 10.2 Å². The first-order chi connectivity index (χ1) is 11.9. The van der Waals surface area contributed by atoms with Crippen LogP contribution in [0.25, 0.3) is 0 Å². The van der Waals surface area contributed by atoms with Crippen LogP contribution in [-0.4, -0.2) is 55.1 Å². The minimum Gasteiger partial charge on any atom is -0.484 e. The zero-order valence-electron chi connectivity index (χ0n) is 14.5. The number of aldehydes is 1. The van der Waals surface area contributed by atoms with Crippen molar-refractivity contribution >= 4 is 29.0 Å². The Labute approximate surface area is 152 Å². The summed E-state index contributed by atoms with van der Waals surface area (Å²) in [5.41, 5.74) is 0.636. The van der Waals surface area contributed by atoms with Crippen molar-refractivity contribution in [3.8, 4) is 5.75 Å². The van der Waals surface area contributed by atoms with E-state index in [2.05, 4.69) is 24.3 Å². The van der Waals surface area contributed by atoms with Crippen LogP contribution >= 0.6 is 11.6 Å². The minimum atomic E-state index is -0.653. The summed E-state index contributed by atoms with van der Waals surface area (Å²) in [6, 6.07) is 5.15. The van der Waals surface area contributed by atoms with Crippen molar-refractivity contribution in [1.29, 1.82) is 0 Å². The lowest BCUT2D eigenvalue weighted by Gasteiger charge is -2.33. The third kappa shape index (κ3) is 5.83. The molecule has 1 aliphatic rings. The second-order valence-corrected chi connectivity index (χ2v) is 6.92. The molecule has 0 heterocycles. The van der Waals surface area contributed by atoms with Crippen LogP contribution in [0.4, 0.5) is 0 Å². The molecule has 25 heavy (non-hydrogen) atoms. The van der Waals surface area contributed by atoms with Gasteiger partial charge >= 0.3 is 0 Å². The van der Waals surface area contributed by atoms with E-state index in [-0.39, 0.29) is 24.3 Å². The molecule has 6 nitrogen and oxygen atoms in total. The maximum Gasteiger partial charge on any atom is 0.259 e. The van der Waals surface area contributed by atoms with E-state index in [0.717, 1.165) is 25.7 Å². The van der Waals surface area contributed by atoms with Crippen molar-refractivity contribution < 1.29 is 19.1 Å². The smallest absolute Gasteiger partial charge is 0.259 e. The van der Waals surface area contributed by atoms with Gasteiger partial charge in [-0.05, 0) is 69.6 Å². The monoisotopic (exact) mass is 366 g/mol. The molecule has 0 bridgehead atoms. The number of nitrogens with zero attached hydrogens (tertiary/aromatic N) is 1. The highest BCUT2D eigenvalue weighted by Gasteiger charge is 2.24. The van der Waals surface area contributed by atoms with Gasteiger partial charge in [-0.15, -0.1) is 0 Å². The molecule has 1 aromatic rings. The van der Waals surface area contributed by atoms with Crippen LogP contribution in [0.1, 0.15) is 46.4 Å². The number of hydrogen-bond donors (Lipinski definition) is 1. The Morgan fingerprint density at radius 2 is 1.92 bits per heavy atom. The zero-order chi connectivity index (χ0) is 18.4. The van der Waals surface area contributed by atoms with Crippen molar-refractivity contribution in [2.24, 2.45) is 0 Å². The molecule has 0 unspecified atom stereocenters. The number of ether oxygens (including phenoxy) is 1. The summed E-state index contributed by atoms with van der Waals surface area (Å²) in [6.07, 6.45) is 4.56. The molecule has 0 atom stereocenters. The lowest BCUT2D eigenvalue weighted by Crippen LogP contribution is -2.41. The lowest BCUT2D eigenvalue weighted by molar-refractivity contribution is -0.113. The molecule has 1 fully saturated rings. The van der Waals surface area contributed by atoms with Gasteiger partial charge < -0.3 is 15.0 Å². The molecular weight excluding hydrogens is 344 g/mol. The fourth-order valence-electron chi connectivity index (χ4n) is 3.05. The van der Waals surface area contributed by atoms with Crippen molar-refractivity contribution in [3.05, 3.63) is 29.3 Å². The summed E-state index contributed by atoms with van der Waals surface area (Å²) >= 11 is 5.25. The Morgan fingerprint density at radius 3 is 2.48 bits per heavy atom. The number of benzene rings is 1. The zero-order valence-corrected chi connectivity index (χ0v) is 15.2. The summed E-state index contributed by atoms with van der Waals surface area (Å²) in [5.74, 6) is 0.0131. The normalized spacial score (nSPS) is 20.2. The van der Waals surface area contributed by atoms with Crippen LogP contribution in [0, 0.1) is 0 Å². The van der Waals surface area contributed by atoms with E-state index < -0.39 is 5.24 Å². The SMILES string of the molecule is CN(C)C1CCC(NC(=O)c2cc(C=O)cc(OCC(=O)Cl)c2)CC1. The van der Waals surface area contributed by atoms with Gasteiger partial charge in [0.1, 0.15) is 12.0 Å². The first-order valence-electron chi connectivity index (χ1n) is 8.27. The highest BCUT2D eigenvalue weighted by molar-refractivity contribution is 6.63. The molecule has 1 saturated carbocycles. The van der Waals surface area contributed by atoms with Crippen LogP contribution in [0.3, 0.4) is 0 Å². The van der Waals surface area contributed by atoms with Gasteiger partial charge in [-0.1, -0.05) is 0 Å². The molecule has 1 amide bonds. The molecule has 0 saturated heterocycles. The van der Waals surface area contributed by atoms with E-state index in [1.165, 1.54) is 18.2 Å². The Kier molecular flexibility index (Phi) is 6.96. The van der Waals surface area contributed by atoms with E-state index in [1.807, 2.05) is 0 Å². The maximum atomic E-state index is 12.5. The average Bonchev–Trinajstić information content (AvgIpc) is 2.60. The number of carbonyl (C=O) groups excluding carboxylic acids is 3. The summed E-state index contributed by atoms with van der Waals surface area (Å²) in [6.45, 7) is -0.320. The van der Waals surface area contributed by atoms with Gasteiger partial charge in [-0.25, -0.2) is 0 Å². The Morgan fingerprint density at radius 1 is 1.24 bits per heavy atom. The standard InChI is InChI=1S/C18H23ClN2O4/c1-21(2)15-5-3-14(4-6-15)20-18(24)13-7-12(10-22)8-16(9-13)25-11-17(19)23/h7-10,14-15H,3-6,11H2,1-2H3,(H,20,24). The fraction of sp³-hybridized carbons (Fsp3) is 0.500. The first-order valence-corrected chi connectivity index (χ1v) is 8.65. The summed E-state index contributed by atoms with van der Waals surface area (Å²) in [4.78, 5) is 36.6. The molecule has 136 valence electrons. The van der Waals surface area contributed by atoms with Gasteiger partial charge in [0, 0.05) is 23.2 Å². The Hall–Kier alpha value is -1.92. The van der Waals surface area contributed by atoms with Crippen LogP contribution in [0.5, 0.6) is 5.75 Å². The lowest BCUT2D eigenvalue weighted by atomic mass is 9.90. The van der Waals surface area contributed by atoms with E-state index in [1.54, 1.807) is 0 Å². The van der Waals surface area contributed by atoms with Gasteiger partial charge in [0.15, 0.2) is 6.61 Å². The number of hydrogen-bond acceptors (Lipinski definition) is 5. The molecule has 0 aromatic heterocycles. The third-order valence-electron chi connectivity index (χ3n) is 4.44. The average molecular weight is 367 g/mol. The van der Waals surface area contributed by atoms with Crippen LogP contribution in [0.2, 0.25) is 0 Å². The highest BCUT2D eigenvalue weighted by atomic mass is 35.5. The van der Waals surface area contributed by atoms with E-state index in [4.69, 9.17) is 16.3 Å². The predicted octanol–water partition coefficient (Wildman–Crippen LogP) is 2.25. The molecule has 1 aromatic carbocycles. The largest absolute Gasteiger partial charge is 0.484 e. The number of rotatable bonds is 7. The molecule has 0 spiro atoms. The maximum absolute atomic E-state index is 12.5. The van der Waals surface area contributed by atoms with Gasteiger partial charge in [0.05, 0.1) is 0 Å². The van der Waals surface area contributed by atoms with Gasteiger partial charge in [-0.2, -0.15) is 0 Å². The molecular formula is C18H23ClN2O4. The third-order valence-corrected chi connectivity index (χ3v) is 4.55. The fourth-order valence-corrected chi connectivity index (χ4v) is 3.10. The minimum absolute atomic E-state index is 0.123. The van der Waals surface area contributed by atoms with Crippen LogP contribution in [0.15, 0.2) is 18.2 Å². The Bertz CT molecular complexity index is 640. The molecule has 1 N–H and O–H groups in total. The molecule has 2 rings (SSSR count). The second-order valence-electron chi connectivity index (χ2n) is 6.49. The molecule has 1 aliphatic carbocycles. The molecule has 7 heteroatoms. The van der Waals surface area contributed by atoms with Crippen molar-refractivity contribution in [2.75, 3.05) is 20.7 Å². The van der Waals surface area contributed by atoms with E-state index in [9.17, 15) is 14.4 Å². The summed E-state index contributed by atoms with van der Waals surface area (Å²) in [5, 5.41) is 2.36. The van der Waals surface area contributed by atoms with Crippen molar-refractivity contribution in [3.63, 3.8) is 0 Å². The van der Waals surface area contributed by atoms with Gasteiger partial charge in [0.25, 0.3) is 11.1 Å². The number of halogens is 1. The summed E-state index contributed by atoms with van der Waals surface area (Å²) in [7, 11) is 4.14. The van der Waals surface area contributed by atoms with Crippen molar-refractivity contribution in [2.45, 2.75) is 37.8 Å². The molecule has 0 radical (unpaired) electrons. The van der Waals surface area contributed by atoms with Gasteiger partial charge in [-0.3, -0.25) is 14.4 Å². The number of nitrogens with one attached hydrogen (secondary N) is 1. The number of carbonyl (C=O) groups is 3. The second kappa shape index (κ2) is 8.97. The van der Waals surface area contributed by atoms with Crippen LogP contribution < -0.4 is 10.1 Å². The first kappa shape index (κ1) is 19.4. The van der Waals surface area contributed by atoms with Crippen LogP contribution in [-0.2, 0) is 4.79 Å². The predicted molar refractivity (Wildman–Crippen MR) is 95.4 cm³/mol. The van der Waals surface area contributed by atoms with Gasteiger partial charge in [0.2, 0.25) is 0 Å². The quantitative estimate of drug-likeness (QED) is 0.591. The Balaban J connectivity index is 2.02. The number of amides is 1. The molecule has 0 aliphatic heterocycles. The highest BCUT2D eigenvalue weighted by Crippen LogP contribution is 2.22. The van der Waals surface area contributed by atoms with E-state index in [0.29, 0.717) is 23.5 Å².